The Labute approximate surface area is 132 Å². The van der Waals surface area contributed by atoms with Gasteiger partial charge in [-0.05, 0) is 12.1 Å². The van der Waals surface area contributed by atoms with E-state index in [1.54, 1.807) is 24.3 Å². The first-order valence-corrected chi connectivity index (χ1v) is 3.24. The van der Waals surface area contributed by atoms with Gasteiger partial charge in [0.2, 0.25) is 0 Å². The fraction of sp³-hybridized carbons (Fsp3) is 0. The maximum Gasteiger partial charge on any atom is 0.258 e. The summed E-state index contributed by atoms with van der Waals surface area (Å²) in [5.41, 5.74) is 0.940. The SMILES string of the molecule is O=C1NC(=O)c2ccccc21.[Cl-].[Cl-].[Cl-].[Cl-].[W]. The van der Waals surface area contributed by atoms with Crippen LogP contribution in [0.5, 0.6) is 0 Å². The fourth-order valence-electron chi connectivity index (χ4n) is 1.12. The number of hydrogen-bond acceptors (Lipinski definition) is 2. The van der Waals surface area contributed by atoms with Crippen LogP contribution in [-0.4, -0.2) is 11.8 Å². The summed E-state index contributed by atoms with van der Waals surface area (Å²) in [5, 5.41) is 2.20. The van der Waals surface area contributed by atoms with E-state index in [9.17, 15) is 9.59 Å². The molecule has 0 radical (unpaired) electrons. The summed E-state index contributed by atoms with van der Waals surface area (Å²) in [4.78, 5) is 21.9. The van der Waals surface area contributed by atoms with Gasteiger partial charge in [0, 0.05) is 21.1 Å². The van der Waals surface area contributed by atoms with Crippen molar-refractivity contribution < 1.29 is 80.3 Å². The van der Waals surface area contributed by atoms with E-state index < -0.39 is 0 Å². The molecule has 0 spiro atoms. The van der Waals surface area contributed by atoms with E-state index in [0.29, 0.717) is 11.1 Å². The number of hydrogen-bond donors (Lipinski definition) is 1. The molecule has 0 aliphatic carbocycles. The number of imide groups is 1. The molecule has 2 rings (SSSR count). The first kappa shape index (κ1) is 25.2. The molecular weight excluding hydrogens is 468 g/mol. The number of benzene rings is 1. The van der Waals surface area contributed by atoms with E-state index in [-0.39, 0.29) is 82.5 Å². The molecule has 92 valence electrons. The van der Waals surface area contributed by atoms with Crippen LogP contribution in [0, 0.1) is 0 Å². The zero-order valence-electron chi connectivity index (χ0n) is 7.55. The van der Waals surface area contributed by atoms with Gasteiger partial charge in [-0.3, -0.25) is 14.9 Å². The van der Waals surface area contributed by atoms with Gasteiger partial charge in [-0.2, -0.15) is 0 Å². The van der Waals surface area contributed by atoms with Crippen molar-refractivity contribution in [2.45, 2.75) is 0 Å². The van der Waals surface area contributed by atoms with Crippen LogP contribution in [0.3, 0.4) is 0 Å². The minimum absolute atomic E-state index is 0. The molecule has 0 unspecified atom stereocenters. The number of nitrogens with one attached hydrogen (secondary N) is 1. The van der Waals surface area contributed by atoms with Crippen molar-refractivity contribution in [3.8, 4) is 0 Å². The summed E-state index contributed by atoms with van der Waals surface area (Å²) in [5.74, 6) is -0.601. The van der Waals surface area contributed by atoms with E-state index >= 15 is 0 Å². The van der Waals surface area contributed by atoms with Crippen LogP contribution in [-0.2, 0) is 21.1 Å². The van der Waals surface area contributed by atoms with Gasteiger partial charge < -0.3 is 49.6 Å². The Morgan fingerprint density at radius 1 is 0.750 bits per heavy atom. The second-order valence-corrected chi connectivity index (χ2v) is 2.33. The molecule has 1 heterocycles. The minimum Gasteiger partial charge on any atom is -1.00 e. The Balaban J connectivity index is -0.000000144. The Bertz CT molecular complexity index is 329. The molecule has 0 aromatic heterocycles. The average molecular weight is 473 g/mol. The van der Waals surface area contributed by atoms with Crippen molar-refractivity contribution in [3.05, 3.63) is 35.4 Å². The van der Waals surface area contributed by atoms with E-state index in [1.165, 1.54) is 0 Å². The maximum atomic E-state index is 10.9. The predicted molar refractivity (Wildman–Crippen MR) is 38.2 cm³/mol. The number of fused-ring (bicyclic) bond motifs is 1. The monoisotopic (exact) mass is 471 g/mol. The van der Waals surface area contributed by atoms with Crippen molar-refractivity contribution in [3.63, 3.8) is 0 Å². The molecule has 0 fully saturated rings. The number of rotatable bonds is 0. The molecule has 0 atom stereocenters. The minimum atomic E-state index is -0.300. The number of amides is 2. The Morgan fingerprint density at radius 2 is 1.06 bits per heavy atom. The standard InChI is InChI=1S/C8H5NO2.4ClH.W/c10-7-5-3-1-2-4-6(5)8(11)9-7;;;;;/h1-4H,(H,9,10,11);4*1H;/p-4. The fourth-order valence-corrected chi connectivity index (χ4v) is 1.12. The summed E-state index contributed by atoms with van der Waals surface area (Å²) in [6.45, 7) is 0. The van der Waals surface area contributed by atoms with E-state index in [1.807, 2.05) is 0 Å². The average Bonchev–Trinajstić information content (AvgIpc) is 2.30. The number of halogens is 4. The molecule has 1 aliphatic rings. The van der Waals surface area contributed by atoms with Gasteiger partial charge >= 0.3 is 0 Å². The maximum absolute atomic E-state index is 10.9. The molecule has 0 saturated heterocycles. The van der Waals surface area contributed by atoms with Crippen LogP contribution in [0.2, 0.25) is 0 Å². The molecule has 3 nitrogen and oxygen atoms in total. The Morgan fingerprint density at radius 3 is 1.38 bits per heavy atom. The molecule has 0 bridgehead atoms. The van der Waals surface area contributed by atoms with Crippen LogP contribution >= 0.6 is 0 Å². The van der Waals surface area contributed by atoms with Crippen LogP contribution in [0.1, 0.15) is 20.7 Å². The zero-order chi connectivity index (χ0) is 7.84. The van der Waals surface area contributed by atoms with Crippen molar-refractivity contribution in [2.75, 3.05) is 0 Å². The quantitative estimate of drug-likeness (QED) is 0.381. The molecular formula is C8H5Cl4NO2W-4. The normalized spacial score (nSPS) is 10.0. The van der Waals surface area contributed by atoms with Crippen molar-refractivity contribution in [1.29, 1.82) is 0 Å². The largest absolute Gasteiger partial charge is 1.00 e. The van der Waals surface area contributed by atoms with Crippen molar-refractivity contribution >= 4 is 11.8 Å². The molecule has 2 amide bonds. The summed E-state index contributed by atoms with van der Waals surface area (Å²) in [6, 6.07) is 6.74. The summed E-state index contributed by atoms with van der Waals surface area (Å²) in [6.07, 6.45) is 0. The summed E-state index contributed by atoms with van der Waals surface area (Å²) < 4.78 is 0. The summed E-state index contributed by atoms with van der Waals surface area (Å²) >= 11 is 0. The van der Waals surface area contributed by atoms with Crippen LogP contribution in [0.4, 0.5) is 0 Å². The van der Waals surface area contributed by atoms with E-state index in [0.717, 1.165) is 0 Å². The molecule has 1 aromatic rings. The molecule has 1 N–H and O–H groups in total. The van der Waals surface area contributed by atoms with Gasteiger partial charge in [-0.1, -0.05) is 12.1 Å². The third-order valence-corrected chi connectivity index (χ3v) is 1.64. The van der Waals surface area contributed by atoms with Gasteiger partial charge in [0.15, 0.2) is 0 Å². The first-order valence-electron chi connectivity index (χ1n) is 3.24. The molecule has 16 heavy (non-hydrogen) atoms. The molecule has 1 aromatic carbocycles. The van der Waals surface area contributed by atoms with Gasteiger partial charge in [-0.25, -0.2) is 0 Å². The van der Waals surface area contributed by atoms with Crippen LogP contribution in [0.25, 0.3) is 0 Å². The second kappa shape index (κ2) is 10.4. The molecule has 1 aliphatic heterocycles. The topological polar surface area (TPSA) is 46.2 Å². The Hall–Kier alpha value is 0.208. The Kier molecular flexibility index (Phi) is 16.3. The van der Waals surface area contributed by atoms with Crippen molar-refractivity contribution in [1.82, 2.24) is 5.32 Å². The second-order valence-electron chi connectivity index (χ2n) is 2.33. The third kappa shape index (κ3) is 4.60. The third-order valence-electron chi connectivity index (χ3n) is 1.64. The van der Waals surface area contributed by atoms with Gasteiger partial charge in [0.05, 0.1) is 11.1 Å². The molecule has 8 heteroatoms. The van der Waals surface area contributed by atoms with E-state index in [2.05, 4.69) is 5.32 Å². The number of carbonyl (C=O) groups is 2. The van der Waals surface area contributed by atoms with Gasteiger partial charge in [-0.15, -0.1) is 0 Å². The zero-order valence-corrected chi connectivity index (χ0v) is 13.5. The first-order chi connectivity index (χ1) is 5.29. The number of carbonyl (C=O) groups excluding carboxylic acids is 2. The van der Waals surface area contributed by atoms with E-state index in [4.69, 9.17) is 0 Å². The summed E-state index contributed by atoms with van der Waals surface area (Å²) in [7, 11) is 0. The van der Waals surface area contributed by atoms with Crippen LogP contribution < -0.4 is 54.9 Å². The molecule has 0 saturated carbocycles. The van der Waals surface area contributed by atoms with Crippen molar-refractivity contribution in [2.24, 2.45) is 0 Å². The van der Waals surface area contributed by atoms with Crippen LogP contribution in [0.15, 0.2) is 24.3 Å². The predicted octanol–water partition coefficient (Wildman–Crippen LogP) is -11.4. The van der Waals surface area contributed by atoms with Gasteiger partial charge in [0.25, 0.3) is 11.8 Å². The van der Waals surface area contributed by atoms with Gasteiger partial charge in [0.1, 0.15) is 0 Å². The smallest absolute Gasteiger partial charge is 0.258 e.